The summed E-state index contributed by atoms with van der Waals surface area (Å²) in [5, 5.41) is 19.9. The van der Waals surface area contributed by atoms with E-state index < -0.39 is 54.3 Å². The predicted molar refractivity (Wildman–Crippen MR) is 131 cm³/mol. The first-order valence-electron chi connectivity index (χ1n) is 11.2. The van der Waals surface area contributed by atoms with Crippen LogP contribution in [0.15, 0.2) is 4.99 Å². The smallest absolute Gasteiger partial charge is 0.326 e. The molecule has 1 rings (SSSR count). The lowest BCUT2D eigenvalue weighted by Crippen LogP contribution is -2.57. The van der Waals surface area contributed by atoms with E-state index in [1.807, 2.05) is 6.26 Å². The van der Waals surface area contributed by atoms with Crippen LogP contribution in [0.1, 0.15) is 38.5 Å². The van der Waals surface area contributed by atoms with Gasteiger partial charge in [0.05, 0.1) is 12.5 Å². The molecule has 0 aliphatic carbocycles. The Hall–Kier alpha value is -3.07. The predicted octanol–water partition coefficient (Wildman–Crippen LogP) is -3.04. The van der Waals surface area contributed by atoms with Crippen LogP contribution in [0.2, 0.25) is 0 Å². The molecule has 1 saturated heterocycles. The first-order valence-corrected chi connectivity index (χ1v) is 12.6. The van der Waals surface area contributed by atoms with E-state index in [1.165, 1.54) is 11.8 Å². The minimum Gasteiger partial charge on any atom is -0.480 e. The summed E-state index contributed by atoms with van der Waals surface area (Å²) in [5.74, 6) is -3.65. The molecule has 0 bridgehead atoms. The van der Waals surface area contributed by atoms with Gasteiger partial charge in [0, 0.05) is 6.54 Å². The molecule has 1 fully saturated rings. The van der Waals surface area contributed by atoms with E-state index in [0.29, 0.717) is 25.1 Å². The highest BCUT2D eigenvalue weighted by Gasteiger charge is 2.31. The van der Waals surface area contributed by atoms with Crippen molar-refractivity contribution in [3.05, 3.63) is 0 Å². The molecule has 4 amide bonds. The molecule has 0 aromatic carbocycles. The van der Waals surface area contributed by atoms with Gasteiger partial charge < -0.3 is 43.6 Å². The number of carboxylic acids is 1. The van der Waals surface area contributed by atoms with Gasteiger partial charge in [-0.05, 0) is 50.7 Å². The van der Waals surface area contributed by atoms with E-state index in [9.17, 15) is 29.1 Å². The normalized spacial score (nSPS) is 17.5. The molecule has 0 spiro atoms. The van der Waals surface area contributed by atoms with Crippen LogP contribution in [-0.4, -0.2) is 89.9 Å². The Balaban J connectivity index is 2.93. The van der Waals surface area contributed by atoms with Crippen molar-refractivity contribution in [3.63, 3.8) is 0 Å². The Kier molecular flexibility index (Phi) is 13.5. The summed E-state index contributed by atoms with van der Waals surface area (Å²) in [4.78, 5) is 64.9. The number of hydrogen-bond acceptors (Lipinski definition) is 8. The third-order valence-corrected chi connectivity index (χ3v) is 5.86. The highest BCUT2D eigenvalue weighted by Crippen LogP contribution is 2.08. The number of nitrogens with zero attached hydrogens (tertiary/aromatic N) is 1. The highest BCUT2D eigenvalue weighted by atomic mass is 32.2. The van der Waals surface area contributed by atoms with Gasteiger partial charge in [0.2, 0.25) is 23.6 Å². The van der Waals surface area contributed by atoms with Crippen LogP contribution in [0.4, 0.5) is 0 Å². The van der Waals surface area contributed by atoms with Crippen molar-refractivity contribution in [3.8, 4) is 0 Å². The number of carbonyl (C=O) groups excluding carboxylic acids is 4. The lowest BCUT2D eigenvalue weighted by atomic mass is 10.1. The van der Waals surface area contributed by atoms with Gasteiger partial charge in [-0.2, -0.15) is 11.8 Å². The van der Waals surface area contributed by atoms with E-state index in [0.717, 1.165) is 6.42 Å². The largest absolute Gasteiger partial charge is 0.480 e. The molecule has 4 atom stereocenters. The summed E-state index contributed by atoms with van der Waals surface area (Å²) < 4.78 is 0. The summed E-state index contributed by atoms with van der Waals surface area (Å²) in [6.07, 6.45) is 3.48. The van der Waals surface area contributed by atoms with E-state index >= 15 is 0 Å². The molecular weight excluding hydrogens is 480 g/mol. The molecule has 1 aliphatic rings. The molecular formula is C20H36N8O6S. The molecule has 0 aromatic heterocycles. The number of guanidine groups is 1. The minimum atomic E-state index is -1.53. The number of carbonyl (C=O) groups is 5. The number of primary amides is 1. The number of aliphatic imine (C=N–C) groups is 1. The number of thioether (sulfide) groups is 1. The lowest BCUT2D eigenvalue weighted by molar-refractivity contribution is -0.143. The van der Waals surface area contributed by atoms with Crippen molar-refractivity contribution < 1.29 is 29.1 Å². The van der Waals surface area contributed by atoms with Crippen LogP contribution in [0.3, 0.4) is 0 Å². The number of nitrogens with two attached hydrogens (primary N) is 3. The molecule has 1 aliphatic heterocycles. The molecule has 4 unspecified atom stereocenters. The second-order valence-corrected chi connectivity index (χ2v) is 9.06. The van der Waals surface area contributed by atoms with Crippen LogP contribution in [-0.2, 0) is 24.0 Å². The Morgan fingerprint density at radius 3 is 2.17 bits per heavy atom. The third kappa shape index (κ3) is 11.8. The summed E-state index contributed by atoms with van der Waals surface area (Å²) in [5.41, 5.74) is 15.7. The van der Waals surface area contributed by atoms with Gasteiger partial charge in [-0.3, -0.25) is 24.2 Å². The monoisotopic (exact) mass is 516 g/mol. The van der Waals surface area contributed by atoms with Gasteiger partial charge in [-0.25, -0.2) is 4.79 Å². The van der Waals surface area contributed by atoms with Crippen LogP contribution in [0.25, 0.3) is 0 Å². The number of rotatable bonds is 16. The van der Waals surface area contributed by atoms with Crippen molar-refractivity contribution in [2.24, 2.45) is 22.2 Å². The average Bonchev–Trinajstić information content (AvgIpc) is 3.32. The topological polar surface area (TPSA) is 244 Å². The number of carboxylic acid groups (broad SMARTS) is 1. The maximum atomic E-state index is 13.1. The second kappa shape index (κ2) is 15.8. The molecule has 11 N–H and O–H groups in total. The van der Waals surface area contributed by atoms with Crippen molar-refractivity contribution in [2.75, 3.05) is 25.1 Å². The summed E-state index contributed by atoms with van der Waals surface area (Å²) in [6, 6.07) is -4.00. The van der Waals surface area contributed by atoms with E-state index in [1.54, 1.807) is 0 Å². The maximum Gasteiger partial charge on any atom is 0.326 e. The third-order valence-electron chi connectivity index (χ3n) is 5.22. The molecule has 35 heavy (non-hydrogen) atoms. The zero-order chi connectivity index (χ0) is 26.4. The standard InChI is InChI=1S/C20H36N8O6S/c1-35-9-6-13(18(32)28-14(19(33)34)10-15(21)29)27-17(31)12(5-3-8-25-20(22)23)26-16(30)11-4-2-7-24-11/h11-14,24H,2-10H2,1H3,(H2,21,29)(H,26,30)(H,27,31)(H,28,32)(H,33,34)(H4,22,23,25). The number of amides is 4. The molecule has 0 aromatic rings. The molecule has 1 heterocycles. The fourth-order valence-electron chi connectivity index (χ4n) is 3.40. The van der Waals surface area contributed by atoms with E-state index in [2.05, 4.69) is 26.3 Å². The quantitative estimate of drug-likeness (QED) is 0.0585. The van der Waals surface area contributed by atoms with Crippen molar-refractivity contribution in [1.29, 1.82) is 0 Å². The van der Waals surface area contributed by atoms with Crippen LogP contribution in [0.5, 0.6) is 0 Å². The van der Waals surface area contributed by atoms with Gasteiger partial charge in [-0.15, -0.1) is 0 Å². The fraction of sp³-hybridized carbons (Fsp3) is 0.700. The molecule has 0 saturated carbocycles. The molecule has 198 valence electrons. The van der Waals surface area contributed by atoms with Crippen LogP contribution >= 0.6 is 11.8 Å². The number of hydrogen-bond donors (Lipinski definition) is 8. The SMILES string of the molecule is CSCCC(NC(=O)C(CCCN=C(N)N)NC(=O)C1CCCN1)C(=O)NC(CC(N)=O)C(=O)O. The second-order valence-electron chi connectivity index (χ2n) is 8.07. The highest BCUT2D eigenvalue weighted by molar-refractivity contribution is 7.98. The van der Waals surface area contributed by atoms with Crippen LogP contribution < -0.4 is 38.5 Å². The Morgan fingerprint density at radius 2 is 1.66 bits per heavy atom. The Bertz CT molecular complexity index is 786. The molecule has 15 heteroatoms. The van der Waals surface area contributed by atoms with Gasteiger partial charge in [-0.1, -0.05) is 0 Å². The number of aliphatic carboxylic acids is 1. The first-order chi connectivity index (χ1) is 16.5. The van der Waals surface area contributed by atoms with Crippen molar-refractivity contribution in [2.45, 2.75) is 62.7 Å². The molecule has 0 radical (unpaired) electrons. The lowest BCUT2D eigenvalue weighted by Gasteiger charge is -2.25. The summed E-state index contributed by atoms with van der Waals surface area (Å²) in [6.45, 7) is 0.944. The summed E-state index contributed by atoms with van der Waals surface area (Å²) >= 11 is 1.43. The number of nitrogens with one attached hydrogen (secondary N) is 4. The molecule has 14 nitrogen and oxygen atoms in total. The fourth-order valence-corrected chi connectivity index (χ4v) is 3.87. The average molecular weight is 517 g/mol. The van der Waals surface area contributed by atoms with Crippen LogP contribution in [0, 0.1) is 0 Å². The Morgan fingerprint density at radius 1 is 1.03 bits per heavy atom. The van der Waals surface area contributed by atoms with Gasteiger partial charge in [0.25, 0.3) is 0 Å². The van der Waals surface area contributed by atoms with Gasteiger partial charge in [0.15, 0.2) is 5.96 Å². The van der Waals surface area contributed by atoms with Gasteiger partial charge in [0.1, 0.15) is 18.1 Å². The zero-order valence-electron chi connectivity index (χ0n) is 19.7. The maximum absolute atomic E-state index is 13.1. The van der Waals surface area contributed by atoms with Crippen molar-refractivity contribution >= 4 is 47.3 Å². The summed E-state index contributed by atoms with van der Waals surface area (Å²) in [7, 11) is 0. The van der Waals surface area contributed by atoms with E-state index in [4.69, 9.17) is 17.2 Å². The minimum absolute atomic E-state index is 0.0945. The van der Waals surface area contributed by atoms with Crippen molar-refractivity contribution in [1.82, 2.24) is 21.3 Å². The zero-order valence-corrected chi connectivity index (χ0v) is 20.6. The first kappa shape index (κ1) is 30.0. The Labute approximate surface area is 208 Å². The van der Waals surface area contributed by atoms with Gasteiger partial charge >= 0.3 is 5.97 Å². The van der Waals surface area contributed by atoms with E-state index in [-0.39, 0.29) is 31.3 Å².